The summed E-state index contributed by atoms with van der Waals surface area (Å²) in [5.41, 5.74) is 0.343. The normalized spacial score (nSPS) is 23.5. The van der Waals surface area contributed by atoms with Gasteiger partial charge >= 0.3 is 0 Å². The molecular weight excluding hydrogens is 172 g/mol. The topological polar surface area (TPSA) is 3.24 Å². The van der Waals surface area contributed by atoms with Crippen molar-refractivity contribution < 1.29 is 8.78 Å². The lowest BCUT2D eigenvalue weighted by Gasteiger charge is -2.30. The zero-order valence-electron chi connectivity index (χ0n) is 8.90. The fraction of sp³-hybridized carbons (Fsp3) is 0.800. The summed E-state index contributed by atoms with van der Waals surface area (Å²) in [4.78, 5) is 2.10. The van der Waals surface area contributed by atoms with Gasteiger partial charge in [-0.1, -0.05) is 13.8 Å². The fourth-order valence-electron chi connectivity index (χ4n) is 1.32. The predicted molar refractivity (Wildman–Crippen MR) is 51.9 cm³/mol. The average molecular weight is 191 g/mol. The third-order valence-electron chi connectivity index (χ3n) is 2.33. The minimum atomic E-state index is -1.47. The predicted octanol–water partition coefficient (Wildman–Crippen LogP) is 3.28. The number of nitrogens with zero attached hydrogens (tertiary/aromatic N) is 1. The van der Waals surface area contributed by atoms with Crippen LogP contribution in [0, 0.1) is 0 Å². The van der Waals surface area contributed by atoms with Crippen LogP contribution in [-0.2, 0) is 0 Å². The summed E-state index contributed by atoms with van der Waals surface area (Å²) in [6, 6.07) is 0.264. The molecule has 1 atom stereocenters. The first-order valence-electron chi connectivity index (χ1n) is 4.84. The van der Waals surface area contributed by atoms with E-state index in [2.05, 4.69) is 4.90 Å². The first-order chi connectivity index (χ1) is 6.11. The third-order valence-corrected chi connectivity index (χ3v) is 2.33. The molecule has 0 amide bonds. The Bertz CT molecular complexity index is 174. The number of rotatable bonds is 0. The summed E-state index contributed by atoms with van der Waals surface area (Å²) in [5, 5.41) is 0. The van der Waals surface area contributed by atoms with Gasteiger partial charge in [-0.2, -0.15) is 8.78 Å². The molecule has 0 aromatic rings. The van der Waals surface area contributed by atoms with Gasteiger partial charge in [0.05, 0.1) is 0 Å². The van der Waals surface area contributed by atoms with E-state index in [4.69, 9.17) is 0 Å². The lowest BCUT2D eigenvalue weighted by molar-refractivity contribution is 0.223. The molecule has 1 saturated heterocycles. The van der Waals surface area contributed by atoms with Crippen LogP contribution in [0.1, 0.15) is 33.6 Å². The van der Waals surface area contributed by atoms with Crippen LogP contribution in [0.3, 0.4) is 0 Å². The van der Waals surface area contributed by atoms with Crippen molar-refractivity contribution in [3.8, 4) is 0 Å². The number of hydrogen-bond donors (Lipinski definition) is 0. The van der Waals surface area contributed by atoms with Crippen molar-refractivity contribution in [2.24, 2.45) is 0 Å². The van der Waals surface area contributed by atoms with Crippen molar-refractivity contribution in [2.75, 3.05) is 13.6 Å². The molecule has 1 fully saturated rings. The first kappa shape index (κ1) is 12.6. The van der Waals surface area contributed by atoms with Gasteiger partial charge < -0.3 is 4.90 Å². The third kappa shape index (κ3) is 3.85. The first-order valence-corrected chi connectivity index (χ1v) is 4.84. The molecule has 0 aromatic carbocycles. The van der Waals surface area contributed by atoms with E-state index in [1.54, 1.807) is 0 Å². The second-order valence-corrected chi connectivity index (χ2v) is 3.15. The van der Waals surface area contributed by atoms with E-state index < -0.39 is 6.08 Å². The minimum absolute atomic E-state index is 0.264. The zero-order chi connectivity index (χ0) is 10.4. The van der Waals surface area contributed by atoms with Gasteiger partial charge in [0.2, 0.25) is 0 Å². The van der Waals surface area contributed by atoms with Crippen LogP contribution in [0.15, 0.2) is 11.7 Å². The summed E-state index contributed by atoms with van der Waals surface area (Å²) in [6.07, 6.45) is -0.410. The summed E-state index contributed by atoms with van der Waals surface area (Å²) in [6.45, 7) is 6.73. The number of halogens is 2. The highest BCUT2D eigenvalue weighted by Crippen LogP contribution is 2.24. The van der Waals surface area contributed by atoms with E-state index in [0.29, 0.717) is 18.4 Å². The lowest BCUT2D eigenvalue weighted by atomic mass is 9.99. The van der Waals surface area contributed by atoms with Gasteiger partial charge in [0.25, 0.3) is 6.08 Å². The highest BCUT2D eigenvalue weighted by Gasteiger charge is 2.20. The van der Waals surface area contributed by atoms with Crippen molar-refractivity contribution in [3.05, 3.63) is 11.7 Å². The summed E-state index contributed by atoms with van der Waals surface area (Å²) in [7, 11) is 1.97. The largest absolute Gasteiger partial charge is 0.303 e. The molecule has 0 aromatic heterocycles. The Hall–Kier alpha value is -0.440. The molecule has 1 rings (SSSR count). The standard InChI is InChI=1S/C8H13F2N.C2H6/c1-6-5-7(8(9)10)3-4-11(6)2;1-2/h6H,3-5H2,1-2H3;1-2H3. The van der Waals surface area contributed by atoms with E-state index in [9.17, 15) is 8.78 Å². The Morgan fingerprint density at radius 3 is 2.31 bits per heavy atom. The van der Waals surface area contributed by atoms with Gasteiger partial charge in [-0.3, -0.25) is 0 Å². The molecule has 1 unspecified atom stereocenters. The number of hydrogen-bond acceptors (Lipinski definition) is 1. The van der Waals surface area contributed by atoms with E-state index >= 15 is 0 Å². The summed E-state index contributed by atoms with van der Waals surface area (Å²) < 4.78 is 24.2. The Morgan fingerprint density at radius 2 is 1.92 bits per heavy atom. The van der Waals surface area contributed by atoms with Gasteiger partial charge in [-0.05, 0) is 32.4 Å². The van der Waals surface area contributed by atoms with Gasteiger partial charge in [0.15, 0.2) is 0 Å². The Morgan fingerprint density at radius 1 is 1.38 bits per heavy atom. The van der Waals surface area contributed by atoms with Crippen LogP contribution >= 0.6 is 0 Å². The number of likely N-dealkylation sites (tertiary alicyclic amines) is 1. The second-order valence-electron chi connectivity index (χ2n) is 3.15. The zero-order valence-corrected chi connectivity index (χ0v) is 8.90. The monoisotopic (exact) mass is 191 g/mol. The molecule has 0 radical (unpaired) electrons. The van der Waals surface area contributed by atoms with Crippen LogP contribution in [0.4, 0.5) is 8.78 Å². The molecule has 0 bridgehead atoms. The maximum Gasteiger partial charge on any atom is 0.269 e. The van der Waals surface area contributed by atoms with Crippen molar-refractivity contribution in [1.29, 1.82) is 0 Å². The van der Waals surface area contributed by atoms with E-state index in [1.165, 1.54) is 0 Å². The summed E-state index contributed by atoms with van der Waals surface area (Å²) >= 11 is 0. The highest BCUT2D eigenvalue weighted by molar-refractivity contribution is 5.07. The smallest absolute Gasteiger partial charge is 0.269 e. The van der Waals surface area contributed by atoms with Crippen molar-refractivity contribution in [3.63, 3.8) is 0 Å². The molecule has 78 valence electrons. The molecule has 1 nitrogen and oxygen atoms in total. The van der Waals surface area contributed by atoms with Crippen molar-refractivity contribution in [1.82, 2.24) is 4.90 Å². The van der Waals surface area contributed by atoms with Crippen LogP contribution < -0.4 is 0 Å². The Labute approximate surface area is 79.4 Å². The van der Waals surface area contributed by atoms with E-state index in [1.807, 2.05) is 27.8 Å². The van der Waals surface area contributed by atoms with Gasteiger partial charge in [0, 0.05) is 12.6 Å². The molecule has 1 heterocycles. The second kappa shape index (κ2) is 6.08. The van der Waals surface area contributed by atoms with Crippen LogP contribution in [0.2, 0.25) is 0 Å². The maximum absolute atomic E-state index is 12.1. The molecular formula is C10H19F2N. The van der Waals surface area contributed by atoms with Gasteiger partial charge in [-0.15, -0.1) is 0 Å². The molecule has 13 heavy (non-hydrogen) atoms. The Kier molecular flexibility index (Phi) is 5.88. The van der Waals surface area contributed by atoms with Crippen molar-refractivity contribution >= 4 is 0 Å². The lowest BCUT2D eigenvalue weighted by Crippen LogP contribution is -2.34. The van der Waals surface area contributed by atoms with Gasteiger partial charge in [-0.25, -0.2) is 0 Å². The quantitative estimate of drug-likeness (QED) is 0.568. The van der Waals surface area contributed by atoms with E-state index in [-0.39, 0.29) is 6.04 Å². The van der Waals surface area contributed by atoms with E-state index in [0.717, 1.165) is 6.54 Å². The molecule has 1 aliphatic rings. The molecule has 0 spiro atoms. The van der Waals surface area contributed by atoms with Crippen LogP contribution in [0.5, 0.6) is 0 Å². The minimum Gasteiger partial charge on any atom is -0.303 e. The average Bonchev–Trinajstić information content (AvgIpc) is 2.13. The maximum atomic E-state index is 12.1. The molecule has 0 N–H and O–H groups in total. The summed E-state index contributed by atoms with van der Waals surface area (Å²) in [5.74, 6) is 0. The van der Waals surface area contributed by atoms with Gasteiger partial charge in [0.1, 0.15) is 0 Å². The molecule has 3 heteroatoms. The highest BCUT2D eigenvalue weighted by atomic mass is 19.3. The molecule has 0 saturated carbocycles. The van der Waals surface area contributed by atoms with Crippen LogP contribution in [0.25, 0.3) is 0 Å². The van der Waals surface area contributed by atoms with Crippen LogP contribution in [-0.4, -0.2) is 24.5 Å². The SMILES string of the molecule is CC.CC1CC(=C(F)F)CCN1C. The fourth-order valence-corrected chi connectivity index (χ4v) is 1.32. The number of piperidine rings is 1. The van der Waals surface area contributed by atoms with Crippen molar-refractivity contribution in [2.45, 2.75) is 39.7 Å². The molecule has 1 aliphatic heterocycles. The Balaban J connectivity index is 0.000000671. The molecule has 0 aliphatic carbocycles.